The van der Waals surface area contributed by atoms with E-state index in [1.54, 1.807) is 0 Å². The minimum absolute atomic E-state index is 0.185. The molecule has 2 atom stereocenters. The van der Waals surface area contributed by atoms with Gasteiger partial charge in [0.05, 0.1) is 0 Å². The Morgan fingerprint density at radius 1 is 0.432 bits per heavy atom. The lowest BCUT2D eigenvalue weighted by atomic mass is 9.95. The van der Waals surface area contributed by atoms with Crippen molar-refractivity contribution in [2.24, 2.45) is 0 Å². The summed E-state index contributed by atoms with van der Waals surface area (Å²) in [5.41, 5.74) is 7.47. The van der Waals surface area contributed by atoms with E-state index < -0.39 is 0 Å². The maximum atomic E-state index is 7.34. The summed E-state index contributed by atoms with van der Waals surface area (Å²) in [6, 6.07) is 39.2. The van der Waals surface area contributed by atoms with Gasteiger partial charge in [-0.05, 0) is 48.9 Å². The highest BCUT2D eigenvalue weighted by atomic mass is 16.5. The third-order valence-electron chi connectivity index (χ3n) is 7.81. The first-order chi connectivity index (χ1) is 18.4. The van der Waals surface area contributed by atoms with Gasteiger partial charge in [0.2, 0.25) is 0 Å². The molecule has 188 valence electrons. The fraction of sp³-hybridized carbons (Fsp3) is 0.294. The molecular weight excluding hydrogens is 452 g/mol. The molecule has 0 bridgehead atoms. The van der Waals surface area contributed by atoms with Crippen LogP contribution in [0, 0.1) is 0 Å². The molecule has 37 heavy (non-hydrogen) atoms. The Kier molecular flexibility index (Phi) is 7.23. The molecule has 0 spiro atoms. The van der Waals surface area contributed by atoms with Crippen LogP contribution in [0.1, 0.15) is 60.1 Å². The molecule has 0 amide bonds. The van der Waals surface area contributed by atoms with Crippen LogP contribution in [0.25, 0.3) is 0 Å². The van der Waals surface area contributed by atoms with Crippen LogP contribution in [0.3, 0.4) is 0 Å². The minimum atomic E-state index is -0.185. The molecule has 6 rings (SSSR count). The van der Waals surface area contributed by atoms with Gasteiger partial charge in [0.25, 0.3) is 0 Å². The molecule has 4 aromatic carbocycles. The third-order valence-corrected chi connectivity index (χ3v) is 7.81. The molecule has 3 nitrogen and oxygen atoms in total. The molecule has 3 heteroatoms. The van der Waals surface area contributed by atoms with Crippen molar-refractivity contribution in [3.05, 3.63) is 131 Å². The Labute approximate surface area is 221 Å². The van der Waals surface area contributed by atoms with Gasteiger partial charge in [0.1, 0.15) is 12.2 Å². The number of benzene rings is 4. The largest absolute Gasteiger partial charge is 0.371 e. The highest BCUT2D eigenvalue weighted by molar-refractivity contribution is 5.59. The molecule has 4 aromatic rings. The second-order valence-electron chi connectivity index (χ2n) is 10.2. The number of nitrogens with zero attached hydrogens (tertiary/aromatic N) is 2. The number of anilines is 2. The Morgan fingerprint density at radius 2 is 0.784 bits per heavy atom. The molecule has 2 heterocycles. The van der Waals surface area contributed by atoms with Gasteiger partial charge < -0.3 is 14.5 Å². The van der Waals surface area contributed by atoms with Crippen LogP contribution in [0.15, 0.2) is 109 Å². The summed E-state index contributed by atoms with van der Waals surface area (Å²) in [5.74, 6) is 0. The number of ether oxygens (including phenoxy) is 1. The molecular formula is C34H36N2O. The first-order valence-corrected chi connectivity index (χ1v) is 13.8. The molecule has 2 aliphatic heterocycles. The molecule has 0 radical (unpaired) electrons. The van der Waals surface area contributed by atoms with Crippen molar-refractivity contribution < 1.29 is 4.74 Å². The Bertz CT molecular complexity index is 1180. The van der Waals surface area contributed by atoms with E-state index in [4.69, 9.17) is 4.74 Å². The predicted molar refractivity (Wildman–Crippen MR) is 153 cm³/mol. The first-order valence-electron chi connectivity index (χ1n) is 13.8. The fourth-order valence-electron chi connectivity index (χ4n) is 5.97. The van der Waals surface area contributed by atoms with Crippen LogP contribution in [0.5, 0.6) is 0 Å². The van der Waals surface area contributed by atoms with Gasteiger partial charge >= 0.3 is 0 Å². The number of rotatable bonds is 8. The molecule has 2 unspecified atom stereocenters. The summed E-state index contributed by atoms with van der Waals surface area (Å²) in [7, 11) is 0. The molecule has 2 fully saturated rings. The second-order valence-corrected chi connectivity index (χ2v) is 10.2. The monoisotopic (exact) mass is 488 g/mol. The van der Waals surface area contributed by atoms with Crippen molar-refractivity contribution in [2.45, 2.75) is 37.9 Å². The van der Waals surface area contributed by atoms with Crippen molar-refractivity contribution >= 4 is 11.4 Å². The third kappa shape index (κ3) is 5.14. The van der Waals surface area contributed by atoms with E-state index in [9.17, 15) is 0 Å². The fourth-order valence-corrected chi connectivity index (χ4v) is 5.97. The van der Waals surface area contributed by atoms with E-state index in [0.717, 1.165) is 26.2 Å². The van der Waals surface area contributed by atoms with Crippen molar-refractivity contribution in [1.82, 2.24) is 0 Å². The Hall–Kier alpha value is -3.56. The minimum Gasteiger partial charge on any atom is -0.371 e. The Morgan fingerprint density at radius 3 is 1.19 bits per heavy atom. The van der Waals surface area contributed by atoms with E-state index in [-0.39, 0.29) is 12.2 Å². The van der Waals surface area contributed by atoms with E-state index in [0.29, 0.717) is 0 Å². The summed E-state index contributed by atoms with van der Waals surface area (Å²) in [5, 5.41) is 0. The highest BCUT2D eigenvalue weighted by Crippen LogP contribution is 2.42. The first kappa shape index (κ1) is 23.8. The van der Waals surface area contributed by atoms with E-state index in [1.807, 2.05) is 0 Å². The van der Waals surface area contributed by atoms with Gasteiger partial charge in [-0.25, -0.2) is 0 Å². The van der Waals surface area contributed by atoms with Gasteiger partial charge in [-0.2, -0.15) is 0 Å². The smallest absolute Gasteiger partial charge is 0.111 e. The number of hydrogen-bond donors (Lipinski definition) is 0. The summed E-state index contributed by atoms with van der Waals surface area (Å²) in [4.78, 5) is 5.06. The maximum Gasteiger partial charge on any atom is 0.111 e. The topological polar surface area (TPSA) is 15.7 Å². The summed E-state index contributed by atoms with van der Waals surface area (Å²) < 4.78 is 7.34. The average molecular weight is 489 g/mol. The predicted octanol–water partition coefficient (Wildman–Crippen LogP) is 7.78. The molecule has 0 aliphatic carbocycles. The molecule has 0 N–H and O–H groups in total. The van der Waals surface area contributed by atoms with Gasteiger partial charge in [-0.1, -0.05) is 97.1 Å². The normalized spacial score (nSPS) is 17.2. The van der Waals surface area contributed by atoms with Gasteiger partial charge in [0.15, 0.2) is 0 Å². The van der Waals surface area contributed by atoms with E-state index in [1.165, 1.54) is 59.3 Å². The SMILES string of the molecule is c1ccc(C(OC(c2ccccc2)c2ccccc2N2CCCC2)c2ccccc2N2CCCC2)cc1. The molecule has 0 aromatic heterocycles. The van der Waals surface area contributed by atoms with Crippen molar-refractivity contribution in [2.75, 3.05) is 36.0 Å². The quantitative estimate of drug-likeness (QED) is 0.252. The summed E-state index contributed by atoms with van der Waals surface area (Å²) >= 11 is 0. The second kappa shape index (κ2) is 11.2. The number of para-hydroxylation sites is 2. The standard InChI is InChI=1S/C34H36N2O/c1-3-15-27(16-4-1)33(29-19-7-9-21-31(29)35-23-11-12-24-35)37-34(28-17-5-2-6-18-28)30-20-8-10-22-32(30)36-25-13-14-26-36/h1-10,15-22,33-34H,11-14,23-26H2. The van der Waals surface area contributed by atoms with Crippen LogP contribution < -0.4 is 9.80 Å². The van der Waals surface area contributed by atoms with Crippen LogP contribution in [0.4, 0.5) is 11.4 Å². The van der Waals surface area contributed by atoms with Crippen molar-refractivity contribution in [1.29, 1.82) is 0 Å². The lowest BCUT2D eigenvalue weighted by Gasteiger charge is -2.32. The lowest BCUT2D eigenvalue weighted by Crippen LogP contribution is -2.23. The van der Waals surface area contributed by atoms with Crippen LogP contribution >= 0.6 is 0 Å². The van der Waals surface area contributed by atoms with Crippen LogP contribution in [-0.4, -0.2) is 26.2 Å². The van der Waals surface area contributed by atoms with Gasteiger partial charge in [-0.3, -0.25) is 0 Å². The summed E-state index contributed by atoms with van der Waals surface area (Å²) in [6.07, 6.45) is 4.63. The molecule has 2 saturated heterocycles. The lowest BCUT2D eigenvalue weighted by molar-refractivity contribution is 0.0313. The zero-order valence-electron chi connectivity index (χ0n) is 21.5. The maximum absolute atomic E-state index is 7.34. The zero-order chi connectivity index (χ0) is 24.9. The Balaban J connectivity index is 1.47. The van der Waals surface area contributed by atoms with Crippen molar-refractivity contribution in [3.63, 3.8) is 0 Å². The molecule has 2 aliphatic rings. The zero-order valence-corrected chi connectivity index (χ0v) is 21.5. The summed E-state index contributed by atoms with van der Waals surface area (Å²) in [6.45, 7) is 4.44. The average Bonchev–Trinajstić information content (AvgIpc) is 3.70. The molecule has 0 saturated carbocycles. The van der Waals surface area contributed by atoms with Gasteiger partial charge in [-0.15, -0.1) is 0 Å². The van der Waals surface area contributed by atoms with E-state index >= 15 is 0 Å². The number of hydrogen-bond acceptors (Lipinski definition) is 3. The van der Waals surface area contributed by atoms with Gasteiger partial charge in [0, 0.05) is 48.7 Å². The van der Waals surface area contributed by atoms with E-state index in [2.05, 4.69) is 119 Å². The van der Waals surface area contributed by atoms with Crippen LogP contribution in [0.2, 0.25) is 0 Å². The van der Waals surface area contributed by atoms with Crippen molar-refractivity contribution in [3.8, 4) is 0 Å². The highest BCUT2D eigenvalue weighted by Gasteiger charge is 2.29. The van der Waals surface area contributed by atoms with Crippen LogP contribution in [-0.2, 0) is 4.74 Å².